The molecule has 0 heterocycles. The Kier molecular flexibility index (Phi) is 72.5. The van der Waals surface area contributed by atoms with Crippen LogP contribution < -0.4 is 0 Å². The number of hydrogen-bond donors (Lipinski definition) is 3. The Hall–Kier alpha value is -1.94. The number of phosphoric ester groups is 2. The summed E-state index contributed by atoms with van der Waals surface area (Å²) in [4.78, 5) is 72.9. The van der Waals surface area contributed by atoms with Gasteiger partial charge in [0, 0.05) is 25.7 Å². The van der Waals surface area contributed by atoms with E-state index in [1.165, 1.54) is 244 Å². The van der Waals surface area contributed by atoms with Crippen LogP contribution in [0, 0.1) is 5.92 Å². The molecule has 0 amide bonds. The van der Waals surface area contributed by atoms with E-state index in [4.69, 9.17) is 37.0 Å². The van der Waals surface area contributed by atoms with E-state index in [1.54, 1.807) is 0 Å². The van der Waals surface area contributed by atoms with Crippen LogP contribution in [-0.4, -0.2) is 96.7 Å². The lowest BCUT2D eigenvalue weighted by Crippen LogP contribution is -2.30. The molecule has 0 aromatic rings. The van der Waals surface area contributed by atoms with Gasteiger partial charge < -0.3 is 33.8 Å². The zero-order valence-corrected chi connectivity index (χ0v) is 67.1. The first-order valence-corrected chi connectivity index (χ1v) is 45.1. The number of hydrogen-bond acceptors (Lipinski definition) is 15. The van der Waals surface area contributed by atoms with Crippen molar-refractivity contribution >= 4 is 39.5 Å². The Balaban J connectivity index is 5.17. The van der Waals surface area contributed by atoms with Crippen molar-refractivity contribution in [3.05, 3.63) is 0 Å². The quantitative estimate of drug-likeness (QED) is 0.0222. The van der Waals surface area contributed by atoms with E-state index in [-0.39, 0.29) is 25.7 Å². The SMILES string of the molecule is CCCCCCCCCCCCCCCCCCCCCCC(=O)O[C@H](COC(=O)CCCCCCCCCCCCCCCCCCC)COP(=O)(O)OC[C@@H](O)COP(=O)(O)OC[C@@H](COC(=O)CCCCCCCCC)OC(=O)CCCCCCCCCCCCCCCC(C)C. The molecule has 0 aromatic heterocycles. The zero-order valence-electron chi connectivity index (χ0n) is 65.3. The summed E-state index contributed by atoms with van der Waals surface area (Å²) in [6.07, 6.45) is 65.4. The number of rotatable bonds is 81. The van der Waals surface area contributed by atoms with Crippen LogP contribution in [0.4, 0.5) is 0 Å². The summed E-state index contributed by atoms with van der Waals surface area (Å²) in [6.45, 7) is 7.31. The minimum absolute atomic E-state index is 0.107. The fourth-order valence-electron chi connectivity index (χ4n) is 12.6. The maximum Gasteiger partial charge on any atom is 0.472 e. The highest BCUT2D eigenvalue weighted by Crippen LogP contribution is 2.45. The van der Waals surface area contributed by atoms with Crippen LogP contribution in [0.2, 0.25) is 0 Å². The molecule has 0 fully saturated rings. The molecule has 19 heteroatoms. The lowest BCUT2D eigenvalue weighted by molar-refractivity contribution is -0.161. The predicted octanol–water partition coefficient (Wildman–Crippen LogP) is 24.4. The standard InChI is InChI=1S/C81H158O17P2/c1-6-9-12-15-18-20-22-24-26-28-29-30-32-34-38-42-46-51-56-61-66-81(86)98-77(71-92-79(84)65-60-55-50-45-41-37-33-31-27-25-23-21-19-16-13-10-7-2)73-96-100(89,90)94-69-75(82)68-93-99(87,88)95-72-76(70-91-78(83)64-59-54-48-17-14-11-8-3)97-80(85)67-62-57-52-47-43-39-35-36-40-44-49-53-58-63-74(4)5/h74-77,82H,6-73H2,1-5H3,(H,87,88)(H,89,90)/t75-,76+,77+/m0/s1. The normalized spacial score (nSPS) is 13.8. The third kappa shape index (κ3) is 74.3. The maximum absolute atomic E-state index is 13.1. The molecule has 17 nitrogen and oxygen atoms in total. The second kappa shape index (κ2) is 73.9. The van der Waals surface area contributed by atoms with Crippen LogP contribution in [0.15, 0.2) is 0 Å². The minimum atomic E-state index is -4.96. The molecule has 594 valence electrons. The Morgan fingerprint density at radius 1 is 0.270 bits per heavy atom. The number of esters is 4. The third-order valence-electron chi connectivity index (χ3n) is 19.0. The highest BCUT2D eigenvalue weighted by Gasteiger charge is 2.30. The van der Waals surface area contributed by atoms with Gasteiger partial charge in [0.15, 0.2) is 12.2 Å². The summed E-state index contributed by atoms with van der Waals surface area (Å²) in [5.41, 5.74) is 0. The Labute approximate surface area is 613 Å². The minimum Gasteiger partial charge on any atom is -0.462 e. The predicted molar refractivity (Wildman–Crippen MR) is 409 cm³/mol. The molecule has 0 bridgehead atoms. The average molecular weight is 1470 g/mol. The van der Waals surface area contributed by atoms with Crippen LogP contribution in [0.3, 0.4) is 0 Å². The number of aliphatic hydroxyl groups excluding tert-OH is 1. The van der Waals surface area contributed by atoms with Gasteiger partial charge in [0.25, 0.3) is 0 Å². The average Bonchev–Trinajstić information content (AvgIpc) is 0.939. The smallest absolute Gasteiger partial charge is 0.462 e. The third-order valence-corrected chi connectivity index (χ3v) is 20.9. The van der Waals surface area contributed by atoms with Crippen molar-refractivity contribution in [1.82, 2.24) is 0 Å². The molecule has 0 aliphatic carbocycles. The first kappa shape index (κ1) is 98.1. The second-order valence-electron chi connectivity index (χ2n) is 29.6. The van der Waals surface area contributed by atoms with E-state index < -0.39 is 97.5 Å². The van der Waals surface area contributed by atoms with Crippen molar-refractivity contribution in [3.63, 3.8) is 0 Å². The van der Waals surface area contributed by atoms with Crippen molar-refractivity contribution in [2.75, 3.05) is 39.6 Å². The molecule has 5 atom stereocenters. The molecule has 0 saturated carbocycles. The molecule has 0 spiro atoms. The first-order chi connectivity index (χ1) is 48.5. The van der Waals surface area contributed by atoms with Crippen LogP contribution >= 0.6 is 15.6 Å². The molecule has 3 N–H and O–H groups in total. The molecule has 0 saturated heterocycles. The zero-order chi connectivity index (χ0) is 73.4. The highest BCUT2D eigenvalue weighted by atomic mass is 31.2. The molecule has 0 aromatic carbocycles. The van der Waals surface area contributed by atoms with E-state index in [2.05, 4.69) is 34.6 Å². The van der Waals surface area contributed by atoms with E-state index in [0.717, 1.165) is 109 Å². The van der Waals surface area contributed by atoms with Gasteiger partial charge in [-0.15, -0.1) is 0 Å². The van der Waals surface area contributed by atoms with Crippen molar-refractivity contribution in [2.45, 2.75) is 451 Å². The molecule has 0 aliphatic rings. The number of carbonyl (C=O) groups is 4. The van der Waals surface area contributed by atoms with Crippen molar-refractivity contribution in [2.24, 2.45) is 5.92 Å². The number of aliphatic hydroxyl groups is 1. The summed E-state index contributed by atoms with van der Waals surface area (Å²) in [7, 11) is -9.91. The van der Waals surface area contributed by atoms with Gasteiger partial charge in [-0.2, -0.15) is 0 Å². The molecule has 0 rings (SSSR count). The van der Waals surface area contributed by atoms with E-state index in [1.807, 2.05) is 0 Å². The molecular formula is C81H158O17P2. The van der Waals surface area contributed by atoms with Crippen molar-refractivity contribution in [3.8, 4) is 0 Å². The molecule has 0 radical (unpaired) electrons. The lowest BCUT2D eigenvalue weighted by Gasteiger charge is -2.21. The van der Waals surface area contributed by atoms with Gasteiger partial charge in [-0.05, 0) is 31.6 Å². The highest BCUT2D eigenvalue weighted by molar-refractivity contribution is 7.47. The van der Waals surface area contributed by atoms with Gasteiger partial charge in [-0.3, -0.25) is 37.3 Å². The molecular weight excluding hydrogens is 1310 g/mol. The molecule has 2 unspecified atom stereocenters. The number of unbranched alkanes of at least 4 members (excludes halogenated alkanes) is 53. The van der Waals surface area contributed by atoms with Crippen LogP contribution in [0.1, 0.15) is 433 Å². The number of carbonyl (C=O) groups excluding carboxylic acids is 4. The van der Waals surface area contributed by atoms with Crippen LogP contribution in [0.25, 0.3) is 0 Å². The number of ether oxygens (including phenoxy) is 4. The maximum atomic E-state index is 13.1. The second-order valence-corrected chi connectivity index (χ2v) is 32.5. The first-order valence-electron chi connectivity index (χ1n) is 42.1. The van der Waals surface area contributed by atoms with Gasteiger partial charge >= 0.3 is 39.5 Å². The summed E-state index contributed by atoms with van der Waals surface area (Å²) in [5, 5.41) is 10.6. The topological polar surface area (TPSA) is 237 Å². The van der Waals surface area contributed by atoms with Crippen molar-refractivity contribution < 1.29 is 80.2 Å². The van der Waals surface area contributed by atoms with Crippen molar-refractivity contribution in [1.29, 1.82) is 0 Å². The lowest BCUT2D eigenvalue weighted by atomic mass is 10.0. The van der Waals surface area contributed by atoms with Crippen LogP contribution in [0.5, 0.6) is 0 Å². The summed E-state index contributed by atoms with van der Waals surface area (Å²) >= 11 is 0. The van der Waals surface area contributed by atoms with E-state index in [0.29, 0.717) is 25.7 Å². The summed E-state index contributed by atoms with van der Waals surface area (Å²) in [6, 6.07) is 0. The largest absolute Gasteiger partial charge is 0.472 e. The monoisotopic (exact) mass is 1470 g/mol. The molecule has 100 heavy (non-hydrogen) atoms. The molecule has 0 aliphatic heterocycles. The Bertz CT molecular complexity index is 1910. The van der Waals surface area contributed by atoms with Gasteiger partial charge in [-0.1, -0.05) is 381 Å². The Morgan fingerprint density at radius 2 is 0.460 bits per heavy atom. The van der Waals surface area contributed by atoms with Gasteiger partial charge in [0.05, 0.1) is 26.4 Å². The fourth-order valence-corrected chi connectivity index (χ4v) is 14.2. The fraction of sp³-hybridized carbons (Fsp3) is 0.951. The Morgan fingerprint density at radius 3 is 0.680 bits per heavy atom. The van der Waals surface area contributed by atoms with E-state index in [9.17, 15) is 43.2 Å². The van der Waals surface area contributed by atoms with Gasteiger partial charge in [-0.25, -0.2) is 9.13 Å². The summed E-state index contributed by atoms with van der Waals surface area (Å²) < 4.78 is 68.6. The van der Waals surface area contributed by atoms with Crippen LogP contribution in [-0.2, 0) is 65.4 Å². The van der Waals surface area contributed by atoms with E-state index >= 15 is 0 Å². The number of phosphoric acid groups is 2. The summed E-state index contributed by atoms with van der Waals surface area (Å²) in [5.74, 6) is -1.32. The van der Waals surface area contributed by atoms with Gasteiger partial charge in [0.2, 0.25) is 0 Å². The van der Waals surface area contributed by atoms with Gasteiger partial charge in [0.1, 0.15) is 19.3 Å².